The first-order valence-corrected chi connectivity index (χ1v) is 9.89. The largest absolute Gasteiger partial charge is 0.452 e. The number of hydrogen-bond acceptors (Lipinski definition) is 7. The maximum Gasteiger partial charge on any atom is 0.338 e. The van der Waals surface area contributed by atoms with Crippen LogP contribution in [0.15, 0.2) is 51.8 Å². The number of nitrogens with one attached hydrogen (secondary N) is 1. The molecule has 1 N–H and O–H groups in total. The zero-order valence-corrected chi connectivity index (χ0v) is 16.4. The smallest absolute Gasteiger partial charge is 0.338 e. The van der Waals surface area contributed by atoms with E-state index in [0.29, 0.717) is 17.1 Å². The van der Waals surface area contributed by atoms with E-state index in [-0.39, 0.29) is 23.0 Å². The molecule has 0 aliphatic heterocycles. The average molecular weight is 401 g/mol. The summed E-state index contributed by atoms with van der Waals surface area (Å²) in [5, 5.41) is 7.38. The Balaban J connectivity index is 1.80. The van der Waals surface area contributed by atoms with Gasteiger partial charge in [0.25, 0.3) is 15.9 Å². The highest BCUT2D eigenvalue weighted by atomic mass is 32.2. The van der Waals surface area contributed by atoms with Gasteiger partial charge in [-0.1, -0.05) is 18.2 Å². The van der Waals surface area contributed by atoms with Crippen molar-refractivity contribution in [1.29, 1.82) is 0 Å². The van der Waals surface area contributed by atoms with Crippen molar-refractivity contribution in [2.45, 2.75) is 32.3 Å². The fourth-order valence-corrected chi connectivity index (χ4v) is 3.86. The fraction of sp³-hybridized carbons (Fsp3) is 0.211. The van der Waals surface area contributed by atoms with Crippen LogP contribution in [0.25, 0.3) is 0 Å². The standard InChI is InChI=1S/C19H19N3O5S/c1-12-5-4-6-16(9-12)22-28(24,25)17-10-15(8-7-13(17)2)19(23)26-11-18-21-20-14(3)27-18/h4-10,22H,11H2,1-3H3. The SMILES string of the molecule is Cc1cccc(NS(=O)(=O)c2cc(C(=O)OCc3nnc(C)o3)ccc2C)c1. The third-order valence-corrected chi connectivity index (χ3v) is 5.40. The molecule has 0 aliphatic carbocycles. The molecule has 0 saturated carbocycles. The van der Waals surface area contributed by atoms with Crippen molar-refractivity contribution in [3.05, 3.63) is 70.9 Å². The van der Waals surface area contributed by atoms with Crippen LogP contribution in [0.4, 0.5) is 5.69 Å². The van der Waals surface area contributed by atoms with Crippen molar-refractivity contribution in [3.8, 4) is 0 Å². The summed E-state index contributed by atoms with van der Waals surface area (Å²) in [6, 6.07) is 11.3. The first-order chi connectivity index (χ1) is 13.2. The number of esters is 1. The van der Waals surface area contributed by atoms with E-state index in [1.807, 2.05) is 13.0 Å². The van der Waals surface area contributed by atoms with Crippen LogP contribution in [0, 0.1) is 20.8 Å². The fourth-order valence-electron chi connectivity index (χ4n) is 2.54. The number of benzene rings is 2. The van der Waals surface area contributed by atoms with Crippen molar-refractivity contribution in [2.24, 2.45) is 0 Å². The Kier molecular flexibility index (Phi) is 5.46. The Morgan fingerprint density at radius 1 is 1.11 bits per heavy atom. The van der Waals surface area contributed by atoms with Gasteiger partial charge in [-0.05, 0) is 49.2 Å². The van der Waals surface area contributed by atoms with Crippen molar-refractivity contribution in [3.63, 3.8) is 0 Å². The average Bonchev–Trinajstić information content (AvgIpc) is 3.05. The summed E-state index contributed by atoms with van der Waals surface area (Å²) < 4.78 is 38.4. The molecule has 0 amide bonds. The Morgan fingerprint density at radius 2 is 1.89 bits per heavy atom. The maximum absolute atomic E-state index is 12.8. The van der Waals surface area contributed by atoms with E-state index >= 15 is 0 Å². The molecule has 1 aromatic heterocycles. The van der Waals surface area contributed by atoms with Gasteiger partial charge in [-0.2, -0.15) is 0 Å². The number of anilines is 1. The van der Waals surface area contributed by atoms with Gasteiger partial charge in [0, 0.05) is 12.6 Å². The van der Waals surface area contributed by atoms with Crippen LogP contribution in [0.5, 0.6) is 0 Å². The minimum absolute atomic E-state index is 0.00269. The molecular weight excluding hydrogens is 382 g/mol. The molecule has 9 heteroatoms. The molecule has 0 aliphatic rings. The number of carbonyl (C=O) groups is 1. The third-order valence-electron chi connectivity index (χ3n) is 3.88. The Bertz CT molecular complexity index is 1120. The van der Waals surface area contributed by atoms with Gasteiger partial charge in [-0.15, -0.1) is 10.2 Å². The second-order valence-corrected chi connectivity index (χ2v) is 7.90. The van der Waals surface area contributed by atoms with Gasteiger partial charge in [0.05, 0.1) is 10.5 Å². The van der Waals surface area contributed by atoms with Crippen LogP contribution < -0.4 is 4.72 Å². The molecule has 3 aromatic rings. The summed E-state index contributed by atoms with van der Waals surface area (Å²) in [6.45, 7) is 4.94. The first kappa shape index (κ1) is 19.6. The molecule has 0 atom stereocenters. The molecular formula is C19H19N3O5S. The van der Waals surface area contributed by atoms with Gasteiger partial charge in [-0.25, -0.2) is 13.2 Å². The molecule has 0 spiro atoms. The molecule has 28 heavy (non-hydrogen) atoms. The van der Waals surface area contributed by atoms with E-state index in [2.05, 4.69) is 14.9 Å². The first-order valence-electron chi connectivity index (χ1n) is 8.41. The number of aromatic nitrogens is 2. The second kappa shape index (κ2) is 7.81. The third kappa shape index (κ3) is 4.55. The quantitative estimate of drug-likeness (QED) is 0.632. The van der Waals surface area contributed by atoms with Crippen LogP contribution >= 0.6 is 0 Å². The molecule has 146 valence electrons. The number of aryl methyl sites for hydroxylation is 3. The number of nitrogens with zero attached hydrogens (tertiary/aromatic N) is 2. The Labute approximate surface area is 162 Å². The summed E-state index contributed by atoms with van der Waals surface area (Å²) in [5.41, 5.74) is 1.97. The summed E-state index contributed by atoms with van der Waals surface area (Å²) in [5.74, 6) is -0.174. The van der Waals surface area contributed by atoms with E-state index in [0.717, 1.165) is 5.56 Å². The minimum Gasteiger partial charge on any atom is -0.452 e. The van der Waals surface area contributed by atoms with Crippen LogP contribution in [-0.4, -0.2) is 24.6 Å². The van der Waals surface area contributed by atoms with E-state index < -0.39 is 16.0 Å². The normalized spacial score (nSPS) is 11.2. The van der Waals surface area contributed by atoms with Gasteiger partial charge in [0.15, 0.2) is 6.61 Å². The lowest BCUT2D eigenvalue weighted by Gasteiger charge is -2.12. The highest BCUT2D eigenvalue weighted by Gasteiger charge is 2.20. The number of sulfonamides is 1. The lowest BCUT2D eigenvalue weighted by molar-refractivity contribution is 0.0436. The maximum atomic E-state index is 12.8. The molecule has 0 radical (unpaired) electrons. The second-order valence-electron chi connectivity index (χ2n) is 6.25. The molecule has 1 heterocycles. The predicted molar refractivity (Wildman–Crippen MR) is 101 cm³/mol. The minimum atomic E-state index is -3.88. The topological polar surface area (TPSA) is 111 Å². The summed E-state index contributed by atoms with van der Waals surface area (Å²) in [4.78, 5) is 12.3. The van der Waals surface area contributed by atoms with Gasteiger partial charge < -0.3 is 9.15 Å². The van der Waals surface area contributed by atoms with E-state index in [1.54, 1.807) is 38.1 Å². The summed E-state index contributed by atoms with van der Waals surface area (Å²) in [7, 11) is -3.88. The number of rotatable bonds is 6. The predicted octanol–water partition coefficient (Wildman–Crippen LogP) is 3.15. The summed E-state index contributed by atoms with van der Waals surface area (Å²) in [6.07, 6.45) is 0. The number of hydrogen-bond donors (Lipinski definition) is 1. The number of carbonyl (C=O) groups excluding carboxylic acids is 1. The lowest BCUT2D eigenvalue weighted by atomic mass is 10.1. The number of ether oxygens (including phenoxy) is 1. The van der Waals surface area contributed by atoms with Gasteiger partial charge >= 0.3 is 5.97 Å². The van der Waals surface area contributed by atoms with Crippen LogP contribution in [0.3, 0.4) is 0 Å². The molecule has 0 bridgehead atoms. The zero-order valence-electron chi connectivity index (χ0n) is 15.6. The van der Waals surface area contributed by atoms with E-state index in [9.17, 15) is 13.2 Å². The Hall–Kier alpha value is -3.20. The van der Waals surface area contributed by atoms with Gasteiger partial charge in [-0.3, -0.25) is 4.72 Å². The molecule has 0 saturated heterocycles. The lowest BCUT2D eigenvalue weighted by Crippen LogP contribution is -2.15. The van der Waals surface area contributed by atoms with Crippen molar-refractivity contribution in [1.82, 2.24) is 10.2 Å². The molecule has 0 fully saturated rings. The van der Waals surface area contributed by atoms with E-state index in [1.165, 1.54) is 12.1 Å². The van der Waals surface area contributed by atoms with Crippen LogP contribution in [0.2, 0.25) is 0 Å². The van der Waals surface area contributed by atoms with E-state index in [4.69, 9.17) is 9.15 Å². The van der Waals surface area contributed by atoms with Gasteiger partial charge in [0.1, 0.15) is 0 Å². The summed E-state index contributed by atoms with van der Waals surface area (Å²) >= 11 is 0. The van der Waals surface area contributed by atoms with Crippen molar-refractivity contribution < 1.29 is 22.4 Å². The highest BCUT2D eigenvalue weighted by molar-refractivity contribution is 7.92. The van der Waals surface area contributed by atoms with Crippen LogP contribution in [-0.2, 0) is 21.4 Å². The highest BCUT2D eigenvalue weighted by Crippen LogP contribution is 2.22. The van der Waals surface area contributed by atoms with Crippen molar-refractivity contribution >= 4 is 21.7 Å². The van der Waals surface area contributed by atoms with Gasteiger partial charge in [0.2, 0.25) is 5.89 Å². The van der Waals surface area contributed by atoms with Crippen molar-refractivity contribution in [2.75, 3.05) is 4.72 Å². The van der Waals surface area contributed by atoms with Crippen LogP contribution in [0.1, 0.15) is 33.3 Å². The molecule has 3 rings (SSSR count). The molecule has 8 nitrogen and oxygen atoms in total. The molecule has 0 unspecified atom stereocenters. The molecule has 2 aromatic carbocycles. The monoisotopic (exact) mass is 401 g/mol. The Morgan fingerprint density at radius 3 is 2.57 bits per heavy atom. The zero-order chi connectivity index (χ0) is 20.3.